The summed E-state index contributed by atoms with van der Waals surface area (Å²) < 4.78 is 0. The quantitative estimate of drug-likeness (QED) is 0.530. The number of aliphatic carboxylic acids is 2. The molecule has 0 bridgehead atoms. The maximum Gasteiger partial charge on any atom is 0.311 e. The van der Waals surface area contributed by atoms with Crippen molar-refractivity contribution in [1.29, 1.82) is 0 Å². The lowest BCUT2D eigenvalue weighted by molar-refractivity contribution is -0.151. The lowest BCUT2D eigenvalue weighted by Crippen LogP contribution is -2.32. The fourth-order valence-electron chi connectivity index (χ4n) is 0.805. The number of carbonyl (C=O) groups is 2. The van der Waals surface area contributed by atoms with Crippen LogP contribution in [0.1, 0.15) is 0 Å². The van der Waals surface area contributed by atoms with E-state index in [1.807, 2.05) is 0 Å². The minimum Gasteiger partial charge on any atom is -0.481 e. The summed E-state index contributed by atoms with van der Waals surface area (Å²) in [6, 6.07) is 0. The van der Waals surface area contributed by atoms with Gasteiger partial charge in [0.15, 0.2) is 0 Å². The molecule has 0 aromatic heterocycles. The van der Waals surface area contributed by atoms with Crippen LogP contribution in [0.15, 0.2) is 12.2 Å². The van der Waals surface area contributed by atoms with Crippen molar-refractivity contribution in [1.82, 2.24) is 0 Å². The number of hydrogen-bond acceptors (Lipinski definition) is 2. The average molecular weight is 142 g/mol. The molecule has 0 heterocycles. The number of carboxylic acids is 2. The molecule has 4 nitrogen and oxygen atoms in total. The van der Waals surface area contributed by atoms with Gasteiger partial charge < -0.3 is 10.2 Å². The third kappa shape index (κ3) is 0.877. The first-order chi connectivity index (χ1) is 4.63. The van der Waals surface area contributed by atoms with E-state index in [0.717, 1.165) is 0 Å². The van der Waals surface area contributed by atoms with E-state index in [2.05, 4.69) is 0 Å². The lowest BCUT2D eigenvalue weighted by Gasteiger charge is -2.20. The van der Waals surface area contributed by atoms with Gasteiger partial charge in [-0.05, 0) is 0 Å². The summed E-state index contributed by atoms with van der Waals surface area (Å²) in [6.07, 6.45) is 2.75. The molecule has 0 amide bonds. The third-order valence-electron chi connectivity index (χ3n) is 1.48. The SMILES string of the molecule is O=C(O)C1C=CC1C(=O)O. The van der Waals surface area contributed by atoms with Crippen molar-refractivity contribution in [3.05, 3.63) is 12.2 Å². The van der Waals surface area contributed by atoms with Crippen LogP contribution >= 0.6 is 0 Å². The molecule has 2 N–H and O–H groups in total. The van der Waals surface area contributed by atoms with Gasteiger partial charge in [0.2, 0.25) is 0 Å². The molecule has 2 atom stereocenters. The summed E-state index contributed by atoms with van der Waals surface area (Å²) in [4.78, 5) is 20.4. The molecular weight excluding hydrogens is 136 g/mol. The Morgan fingerprint density at radius 1 is 1.00 bits per heavy atom. The molecule has 0 aliphatic heterocycles. The standard InChI is InChI=1S/C6H6O4/c7-5(8)3-1-2-4(3)6(9)10/h1-4H,(H,7,8)(H,9,10). The van der Waals surface area contributed by atoms with E-state index in [-0.39, 0.29) is 0 Å². The number of hydrogen-bond donors (Lipinski definition) is 2. The molecule has 1 aliphatic carbocycles. The molecule has 4 heteroatoms. The first-order valence-corrected chi connectivity index (χ1v) is 2.77. The Balaban J connectivity index is 2.63. The van der Waals surface area contributed by atoms with Crippen molar-refractivity contribution in [3.8, 4) is 0 Å². The highest BCUT2D eigenvalue weighted by Crippen LogP contribution is 2.25. The zero-order chi connectivity index (χ0) is 7.72. The van der Waals surface area contributed by atoms with Gasteiger partial charge in [0, 0.05) is 0 Å². The van der Waals surface area contributed by atoms with Crippen LogP contribution in [-0.4, -0.2) is 22.2 Å². The fourth-order valence-corrected chi connectivity index (χ4v) is 0.805. The summed E-state index contributed by atoms with van der Waals surface area (Å²) in [7, 11) is 0. The predicted octanol–water partition coefficient (Wildman–Crippen LogP) is -0.0422. The van der Waals surface area contributed by atoms with Gasteiger partial charge in [0.25, 0.3) is 0 Å². The fraction of sp³-hybridized carbons (Fsp3) is 0.333. The topological polar surface area (TPSA) is 74.6 Å². The van der Waals surface area contributed by atoms with Crippen LogP contribution in [0, 0.1) is 11.8 Å². The third-order valence-corrected chi connectivity index (χ3v) is 1.48. The van der Waals surface area contributed by atoms with E-state index < -0.39 is 23.8 Å². The van der Waals surface area contributed by atoms with Crippen LogP contribution in [0.5, 0.6) is 0 Å². The summed E-state index contributed by atoms with van der Waals surface area (Å²) in [5, 5.41) is 16.7. The first kappa shape index (κ1) is 6.80. The molecule has 10 heavy (non-hydrogen) atoms. The van der Waals surface area contributed by atoms with Crippen molar-refractivity contribution in [2.45, 2.75) is 0 Å². The molecule has 0 fully saturated rings. The van der Waals surface area contributed by atoms with Gasteiger partial charge in [-0.25, -0.2) is 0 Å². The molecule has 0 aromatic carbocycles. The van der Waals surface area contributed by atoms with Crippen molar-refractivity contribution in [2.75, 3.05) is 0 Å². The highest BCUT2D eigenvalue weighted by molar-refractivity contribution is 5.85. The Hall–Kier alpha value is -1.32. The molecule has 0 saturated carbocycles. The number of carboxylic acid groups (broad SMARTS) is 2. The smallest absolute Gasteiger partial charge is 0.311 e. The first-order valence-electron chi connectivity index (χ1n) is 2.77. The highest BCUT2D eigenvalue weighted by atomic mass is 16.4. The Kier molecular flexibility index (Phi) is 1.45. The summed E-state index contributed by atoms with van der Waals surface area (Å²) in [6.45, 7) is 0. The lowest BCUT2D eigenvalue weighted by atomic mass is 9.82. The van der Waals surface area contributed by atoms with Gasteiger partial charge in [-0.1, -0.05) is 12.2 Å². The zero-order valence-electron chi connectivity index (χ0n) is 5.02. The normalized spacial score (nSPS) is 29.2. The van der Waals surface area contributed by atoms with Gasteiger partial charge in [-0.3, -0.25) is 9.59 Å². The number of rotatable bonds is 2. The maximum absolute atomic E-state index is 10.2. The van der Waals surface area contributed by atoms with Crippen molar-refractivity contribution in [3.63, 3.8) is 0 Å². The van der Waals surface area contributed by atoms with Gasteiger partial charge in [0.05, 0.1) is 11.8 Å². The summed E-state index contributed by atoms with van der Waals surface area (Å²) in [5.41, 5.74) is 0. The molecular formula is C6H6O4. The molecule has 1 rings (SSSR count). The molecule has 0 saturated heterocycles. The Labute approximate surface area is 56.8 Å². The second-order valence-corrected chi connectivity index (χ2v) is 2.11. The van der Waals surface area contributed by atoms with Crippen molar-refractivity contribution < 1.29 is 19.8 Å². The maximum atomic E-state index is 10.2. The molecule has 54 valence electrons. The summed E-state index contributed by atoms with van der Waals surface area (Å²) in [5.74, 6) is -3.79. The van der Waals surface area contributed by atoms with Gasteiger partial charge in [-0.2, -0.15) is 0 Å². The van der Waals surface area contributed by atoms with Crippen LogP contribution in [0.2, 0.25) is 0 Å². The molecule has 0 radical (unpaired) electrons. The van der Waals surface area contributed by atoms with Gasteiger partial charge in [-0.15, -0.1) is 0 Å². The van der Waals surface area contributed by atoms with Crippen LogP contribution in [0.3, 0.4) is 0 Å². The average Bonchev–Trinajstić information content (AvgIpc) is 1.56. The largest absolute Gasteiger partial charge is 0.481 e. The van der Waals surface area contributed by atoms with Crippen molar-refractivity contribution >= 4 is 11.9 Å². The second-order valence-electron chi connectivity index (χ2n) is 2.11. The Morgan fingerprint density at radius 3 is 1.40 bits per heavy atom. The molecule has 2 unspecified atom stereocenters. The molecule has 0 spiro atoms. The van der Waals surface area contributed by atoms with E-state index in [1.54, 1.807) is 0 Å². The minimum atomic E-state index is -1.07. The van der Waals surface area contributed by atoms with E-state index in [4.69, 9.17) is 10.2 Å². The Morgan fingerprint density at radius 2 is 1.30 bits per heavy atom. The van der Waals surface area contributed by atoms with E-state index >= 15 is 0 Å². The van der Waals surface area contributed by atoms with E-state index in [9.17, 15) is 9.59 Å². The van der Waals surface area contributed by atoms with E-state index in [1.165, 1.54) is 12.2 Å². The van der Waals surface area contributed by atoms with Crippen LogP contribution < -0.4 is 0 Å². The predicted molar refractivity (Wildman–Crippen MR) is 31.4 cm³/mol. The zero-order valence-corrected chi connectivity index (χ0v) is 5.02. The second kappa shape index (κ2) is 2.13. The molecule has 1 aliphatic rings. The van der Waals surface area contributed by atoms with E-state index in [0.29, 0.717) is 0 Å². The molecule has 0 aromatic rings. The highest BCUT2D eigenvalue weighted by Gasteiger charge is 2.35. The Bertz CT molecular complexity index is 184. The van der Waals surface area contributed by atoms with Crippen LogP contribution in [0.25, 0.3) is 0 Å². The van der Waals surface area contributed by atoms with Crippen molar-refractivity contribution in [2.24, 2.45) is 11.8 Å². The van der Waals surface area contributed by atoms with Gasteiger partial charge in [0.1, 0.15) is 0 Å². The van der Waals surface area contributed by atoms with Gasteiger partial charge >= 0.3 is 11.9 Å². The van der Waals surface area contributed by atoms with Crippen LogP contribution in [0.4, 0.5) is 0 Å². The summed E-state index contributed by atoms with van der Waals surface area (Å²) >= 11 is 0. The monoisotopic (exact) mass is 142 g/mol. The van der Waals surface area contributed by atoms with Crippen LogP contribution in [-0.2, 0) is 9.59 Å². The minimum absolute atomic E-state index is 0.822.